The number of methoxy groups -OCH3 is 2. The molecular weight excluding hydrogens is 380 g/mol. The highest BCUT2D eigenvalue weighted by Gasteiger charge is 2.09. The Morgan fingerprint density at radius 3 is 2.30 bits per heavy atom. The van der Waals surface area contributed by atoms with Crippen molar-refractivity contribution in [2.24, 2.45) is 5.10 Å². The first kappa shape index (κ1) is 20.9. The van der Waals surface area contributed by atoms with Crippen molar-refractivity contribution in [2.75, 3.05) is 14.2 Å². The van der Waals surface area contributed by atoms with Crippen LogP contribution in [0.3, 0.4) is 0 Å². The summed E-state index contributed by atoms with van der Waals surface area (Å²) in [7, 11) is 3.06. The number of benzene rings is 3. The van der Waals surface area contributed by atoms with E-state index in [1.54, 1.807) is 31.5 Å². The van der Waals surface area contributed by atoms with E-state index in [1.165, 1.54) is 12.7 Å². The van der Waals surface area contributed by atoms with Crippen molar-refractivity contribution in [1.29, 1.82) is 0 Å². The van der Waals surface area contributed by atoms with E-state index in [1.807, 2.05) is 24.3 Å². The van der Waals surface area contributed by atoms with Gasteiger partial charge in [-0.1, -0.05) is 29.8 Å². The minimum absolute atomic E-state index is 0.342. The number of hydrazone groups is 1. The number of amides is 1. The average molecular weight is 404 g/mol. The molecule has 0 spiro atoms. The molecule has 3 rings (SSSR count). The summed E-state index contributed by atoms with van der Waals surface area (Å²) in [6, 6.07) is 20.6. The number of nitrogens with zero attached hydrogens (tertiary/aromatic N) is 1. The highest BCUT2D eigenvalue weighted by atomic mass is 16.5. The SMILES string of the molecule is COc1ccc(C(=O)N/N=C\c2ccc(OCc3ccc(C)cc3)cc2)cc1OC. The van der Waals surface area contributed by atoms with Crippen LogP contribution < -0.4 is 19.6 Å². The van der Waals surface area contributed by atoms with Crippen LogP contribution in [-0.4, -0.2) is 26.3 Å². The summed E-state index contributed by atoms with van der Waals surface area (Å²) >= 11 is 0. The van der Waals surface area contributed by atoms with Gasteiger partial charge in [-0.3, -0.25) is 4.79 Å². The van der Waals surface area contributed by atoms with E-state index in [4.69, 9.17) is 14.2 Å². The maximum absolute atomic E-state index is 12.3. The number of rotatable bonds is 8. The predicted octanol–water partition coefficient (Wildman–Crippen LogP) is 4.36. The fourth-order valence-electron chi connectivity index (χ4n) is 2.71. The molecule has 0 saturated heterocycles. The molecule has 0 atom stereocenters. The third-order valence-electron chi connectivity index (χ3n) is 4.43. The Morgan fingerprint density at radius 2 is 1.63 bits per heavy atom. The maximum Gasteiger partial charge on any atom is 0.271 e. The molecule has 30 heavy (non-hydrogen) atoms. The monoisotopic (exact) mass is 404 g/mol. The average Bonchev–Trinajstić information content (AvgIpc) is 2.79. The molecule has 0 fully saturated rings. The second-order valence-electron chi connectivity index (χ2n) is 6.61. The summed E-state index contributed by atoms with van der Waals surface area (Å²) < 4.78 is 16.2. The molecule has 0 heterocycles. The molecule has 0 saturated carbocycles. The molecule has 0 aliphatic rings. The first-order valence-electron chi connectivity index (χ1n) is 9.43. The van der Waals surface area contributed by atoms with Gasteiger partial charge in [0.25, 0.3) is 5.91 Å². The lowest BCUT2D eigenvalue weighted by Gasteiger charge is -2.08. The van der Waals surface area contributed by atoms with Gasteiger partial charge < -0.3 is 14.2 Å². The summed E-state index contributed by atoms with van der Waals surface area (Å²) in [5.41, 5.74) is 6.10. The molecule has 3 aromatic carbocycles. The smallest absolute Gasteiger partial charge is 0.271 e. The first-order valence-corrected chi connectivity index (χ1v) is 9.43. The fourth-order valence-corrected chi connectivity index (χ4v) is 2.71. The van der Waals surface area contributed by atoms with Gasteiger partial charge in [0.05, 0.1) is 20.4 Å². The number of ether oxygens (including phenoxy) is 3. The maximum atomic E-state index is 12.3. The summed E-state index contributed by atoms with van der Waals surface area (Å²) in [5.74, 6) is 1.46. The Hall–Kier alpha value is -3.80. The standard InChI is InChI=1S/C24H24N2O4/c1-17-4-6-19(7-5-17)16-30-21-11-8-18(9-12-21)15-25-26-24(27)20-10-13-22(28-2)23(14-20)29-3/h4-15H,16H2,1-3H3,(H,26,27)/b25-15-. The van der Waals surface area contributed by atoms with Crippen LogP contribution in [0.15, 0.2) is 71.8 Å². The quantitative estimate of drug-likeness (QED) is 0.448. The van der Waals surface area contributed by atoms with Crippen LogP contribution in [0.5, 0.6) is 17.2 Å². The molecule has 0 aliphatic carbocycles. The molecule has 6 heteroatoms. The van der Waals surface area contributed by atoms with Gasteiger partial charge in [0.1, 0.15) is 12.4 Å². The highest BCUT2D eigenvalue weighted by molar-refractivity contribution is 5.95. The summed E-state index contributed by atoms with van der Waals surface area (Å²) in [5, 5.41) is 4.01. The normalized spacial score (nSPS) is 10.6. The lowest BCUT2D eigenvalue weighted by atomic mass is 10.2. The third kappa shape index (κ3) is 5.61. The molecule has 0 radical (unpaired) electrons. The van der Waals surface area contributed by atoms with E-state index >= 15 is 0 Å². The Morgan fingerprint density at radius 1 is 0.933 bits per heavy atom. The van der Waals surface area contributed by atoms with Crippen LogP contribution in [0, 0.1) is 6.92 Å². The first-order chi connectivity index (χ1) is 14.6. The van der Waals surface area contributed by atoms with E-state index in [-0.39, 0.29) is 5.91 Å². The van der Waals surface area contributed by atoms with Gasteiger partial charge in [0.15, 0.2) is 11.5 Å². The van der Waals surface area contributed by atoms with Crippen molar-refractivity contribution in [1.82, 2.24) is 5.43 Å². The summed E-state index contributed by atoms with van der Waals surface area (Å²) in [6.45, 7) is 2.57. The number of hydrogen-bond acceptors (Lipinski definition) is 5. The molecule has 0 bridgehead atoms. The third-order valence-corrected chi connectivity index (χ3v) is 4.43. The molecule has 6 nitrogen and oxygen atoms in total. The van der Waals surface area contributed by atoms with Gasteiger partial charge in [0, 0.05) is 5.56 Å². The van der Waals surface area contributed by atoms with E-state index in [9.17, 15) is 4.79 Å². The summed E-state index contributed by atoms with van der Waals surface area (Å²) in [6.07, 6.45) is 1.57. The van der Waals surface area contributed by atoms with Crippen LogP contribution in [-0.2, 0) is 6.61 Å². The van der Waals surface area contributed by atoms with Gasteiger partial charge in [-0.25, -0.2) is 5.43 Å². The van der Waals surface area contributed by atoms with Crippen molar-refractivity contribution in [3.05, 3.63) is 89.0 Å². The van der Waals surface area contributed by atoms with E-state index in [0.29, 0.717) is 23.7 Å². The van der Waals surface area contributed by atoms with Crippen LogP contribution in [0.1, 0.15) is 27.0 Å². The van der Waals surface area contributed by atoms with Crippen molar-refractivity contribution in [3.63, 3.8) is 0 Å². The molecule has 1 N–H and O–H groups in total. The largest absolute Gasteiger partial charge is 0.493 e. The number of carbonyl (C=O) groups is 1. The van der Waals surface area contributed by atoms with Crippen LogP contribution in [0.25, 0.3) is 0 Å². The second-order valence-corrected chi connectivity index (χ2v) is 6.61. The van der Waals surface area contributed by atoms with Crippen molar-refractivity contribution < 1.29 is 19.0 Å². The Bertz CT molecular complexity index is 1010. The lowest BCUT2D eigenvalue weighted by Crippen LogP contribution is -2.17. The lowest BCUT2D eigenvalue weighted by molar-refractivity contribution is 0.0954. The molecule has 0 aliphatic heterocycles. The zero-order valence-corrected chi connectivity index (χ0v) is 17.2. The second kappa shape index (κ2) is 10.1. The minimum Gasteiger partial charge on any atom is -0.493 e. The van der Waals surface area contributed by atoms with Gasteiger partial charge >= 0.3 is 0 Å². The van der Waals surface area contributed by atoms with Gasteiger partial charge in [0.2, 0.25) is 0 Å². The summed E-state index contributed by atoms with van der Waals surface area (Å²) in [4.78, 5) is 12.3. The van der Waals surface area contributed by atoms with Crippen molar-refractivity contribution >= 4 is 12.1 Å². The Kier molecular flexibility index (Phi) is 7.05. The zero-order valence-electron chi connectivity index (χ0n) is 17.2. The van der Waals surface area contributed by atoms with E-state index in [0.717, 1.165) is 16.9 Å². The Balaban J connectivity index is 1.53. The molecule has 154 valence electrons. The number of carbonyl (C=O) groups excluding carboxylic acids is 1. The van der Waals surface area contributed by atoms with E-state index < -0.39 is 0 Å². The van der Waals surface area contributed by atoms with E-state index in [2.05, 4.69) is 41.7 Å². The molecule has 1 amide bonds. The molecule has 3 aromatic rings. The van der Waals surface area contributed by atoms with Crippen LogP contribution in [0.4, 0.5) is 0 Å². The number of aryl methyl sites for hydroxylation is 1. The minimum atomic E-state index is -0.342. The topological polar surface area (TPSA) is 69.2 Å². The Labute approximate surface area is 176 Å². The van der Waals surface area contributed by atoms with Gasteiger partial charge in [-0.15, -0.1) is 0 Å². The zero-order chi connectivity index (χ0) is 21.3. The van der Waals surface area contributed by atoms with Crippen molar-refractivity contribution in [3.8, 4) is 17.2 Å². The molecule has 0 aromatic heterocycles. The number of nitrogens with one attached hydrogen (secondary N) is 1. The van der Waals surface area contributed by atoms with Crippen molar-refractivity contribution in [2.45, 2.75) is 13.5 Å². The highest BCUT2D eigenvalue weighted by Crippen LogP contribution is 2.27. The van der Waals surface area contributed by atoms with Gasteiger partial charge in [-0.05, 0) is 60.5 Å². The van der Waals surface area contributed by atoms with Crippen LogP contribution in [0.2, 0.25) is 0 Å². The molecule has 0 unspecified atom stereocenters. The van der Waals surface area contributed by atoms with Gasteiger partial charge in [-0.2, -0.15) is 5.10 Å². The van der Waals surface area contributed by atoms with Crippen LogP contribution >= 0.6 is 0 Å². The number of hydrogen-bond donors (Lipinski definition) is 1. The fraction of sp³-hybridized carbons (Fsp3) is 0.167. The predicted molar refractivity (Wildman–Crippen MR) is 117 cm³/mol. The molecular formula is C24H24N2O4.